The first-order valence-electron chi connectivity index (χ1n) is 5.33. The highest BCUT2D eigenvalue weighted by Gasteiger charge is 2.14. The summed E-state index contributed by atoms with van der Waals surface area (Å²) in [6.07, 6.45) is 2.75. The predicted octanol–water partition coefficient (Wildman–Crippen LogP) is 1.06. The maximum absolute atomic E-state index is 11.3. The van der Waals surface area contributed by atoms with Gasteiger partial charge in [0.1, 0.15) is 5.15 Å². The Morgan fingerprint density at radius 1 is 1.50 bits per heavy atom. The number of amides is 1. The molecule has 2 heterocycles. The van der Waals surface area contributed by atoms with Crippen molar-refractivity contribution in [3.63, 3.8) is 0 Å². The Hall–Kier alpha value is -1.13. The number of rotatable bonds is 2. The maximum Gasteiger partial charge on any atom is 0.234 e. The molecule has 1 aromatic heterocycles. The van der Waals surface area contributed by atoms with E-state index >= 15 is 0 Å². The van der Waals surface area contributed by atoms with Crippen molar-refractivity contribution in [1.29, 1.82) is 0 Å². The molecule has 1 aliphatic rings. The van der Waals surface area contributed by atoms with E-state index in [0.717, 1.165) is 31.6 Å². The minimum Gasteiger partial charge on any atom is -0.355 e. The van der Waals surface area contributed by atoms with Gasteiger partial charge in [-0.1, -0.05) is 17.7 Å². The van der Waals surface area contributed by atoms with E-state index in [4.69, 9.17) is 11.6 Å². The van der Waals surface area contributed by atoms with Gasteiger partial charge in [-0.2, -0.15) is 0 Å². The third-order valence-corrected chi connectivity index (χ3v) is 2.76. The number of hydrogen-bond donors (Lipinski definition) is 1. The summed E-state index contributed by atoms with van der Waals surface area (Å²) >= 11 is 5.71. The van der Waals surface area contributed by atoms with E-state index in [1.54, 1.807) is 12.3 Å². The number of hydrogen-bond acceptors (Lipinski definition) is 3. The van der Waals surface area contributed by atoms with Crippen LogP contribution >= 0.6 is 11.6 Å². The molecule has 4 nitrogen and oxygen atoms in total. The molecule has 0 spiro atoms. The molecule has 1 saturated heterocycles. The topological polar surface area (TPSA) is 45.2 Å². The lowest BCUT2D eigenvalue weighted by molar-refractivity contribution is -0.121. The Morgan fingerprint density at radius 3 is 3.12 bits per heavy atom. The molecular formula is C11H14ClN3O. The maximum atomic E-state index is 11.3. The molecule has 16 heavy (non-hydrogen) atoms. The van der Waals surface area contributed by atoms with Gasteiger partial charge in [0.15, 0.2) is 0 Å². The molecule has 86 valence electrons. The molecule has 1 aliphatic heterocycles. The van der Waals surface area contributed by atoms with Crippen molar-refractivity contribution in [3.8, 4) is 0 Å². The normalized spacial score (nSPS) is 17.9. The first-order valence-corrected chi connectivity index (χ1v) is 5.71. The Bertz CT molecular complexity index is 366. The van der Waals surface area contributed by atoms with E-state index in [1.807, 2.05) is 6.07 Å². The van der Waals surface area contributed by atoms with Crippen molar-refractivity contribution >= 4 is 17.5 Å². The summed E-state index contributed by atoms with van der Waals surface area (Å²) in [5, 5.41) is 3.35. The number of pyridine rings is 1. The lowest BCUT2D eigenvalue weighted by Crippen LogP contribution is -2.32. The van der Waals surface area contributed by atoms with Crippen molar-refractivity contribution in [3.05, 3.63) is 29.0 Å². The van der Waals surface area contributed by atoms with Gasteiger partial charge in [0.05, 0.1) is 6.54 Å². The Balaban J connectivity index is 1.97. The van der Waals surface area contributed by atoms with Crippen LogP contribution in [0.1, 0.15) is 12.0 Å². The van der Waals surface area contributed by atoms with Crippen molar-refractivity contribution in [2.45, 2.75) is 13.0 Å². The quantitative estimate of drug-likeness (QED) is 0.785. The van der Waals surface area contributed by atoms with Crippen molar-refractivity contribution in [2.75, 3.05) is 19.6 Å². The fourth-order valence-corrected chi connectivity index (χ4v) is 1.87. The third kappa shape index (κ3) is 3.18. The van der Waals surface area contributed by atoms with Gasteiger partial charge >= 0.3 is 0 Å². The minimum atomic E-state index is 0.0967. The highest BCUT2D eigenvalue weighted by molar-refractivity contribution is 6.29. The van der Waals surface area contributed by atoms with Crippen LogP contribution in [0.25, 0.3) is 0 Å². The lowest BCUT2D eigenvalue weighted by atomic mass is 10.2. The number of halogens is 1. The SMILES string of the molecule is O=C1CN(Cc2ccc(Cl)nc2)CCCN1. The molecule has 0 bridgehead atoms. The first-order chi connectivity index (χ1) is 7.74. The molecular weight excluding hydrogens is 226 g/mol. The van der Waals surface area contributed by atoms with Crippen LogP contribution < -0.4 is 5.32 Å². The zero-order valence-electron chi connectivity index (χ0n) is 8.95. The summed E-state index contributed by atoms with van der Waals surface area (Å²) in [5.41, 5.74) is 1.08. The van der Waals surface area contributed by atoms with E-state index < -0.39 is 0 Å². The molecule has 0 aliphatic carbocycles. The molecule has 1 aromatic rings. The van der Waals surface area contributed by atoms with Crippen LogP contribution in [0.3, 0.4) is 0 Å². The fraction of sp³-hybridized carbons (Fsp3) is 0.455. The van der Waals surface area contributed by atoms with Crippen LogP contribution in [0, 0.1) is 0 Å². The van der Waals surface area contributed by atoms with Crippen LogP contribution in [-0.4, -0.2) is 35.4 Å². The number of aromatic nitrogens is 1. The zero-order valence-corrected chi connectivity index (χ0v) is 9.70. The average Bonchev–Trinajstić information content (AvgIpc) is 2.46. The molecule has 0 aromatic carbocycles. The van der Waals surface area contributed by atoms with Gasteiger partial charge in [-0.05, 0) is 18.1 Å². The smallest absolute Gasteiger partial charge is 0.234 e. The highest BCUT2D eigenvalue weighted by atomic mass is 35.5. The van der Waals surface area contributed by atoms with E-state index in [2.05, 4.69) is 15.2 Å². The van der Waals surface area contributed by atoms with Gasteiger partial charge in [0.2, 0.25) is 5.91 Å². The molecule has 0 unspecified atom stereocenters. The third-order valence-electron chi connectivity index (χ3n) is 2.54. The average molecular weight is 240 g/mol. The summed E-state index contributed by atoms with van der Waals surface area (Å²) < 4.78 is 0. The van der Waals surface area contributed by atoms with Crippen molar-refractivity contribution in [2.24, 2.45) is 0 Å². The fourth-order valence-electron chi connectivity index (χ4n) is 1.76. The minimum absolute atomic E-state index is 0.0967. The van der Waals surface area contributed by atoms with Gasteiger partial charge in [0.25, 0.3) is 0 Å². The molecule has 0 saturated carbocycles. The van der Waals surface area contributed by atoms with Gasteiger partial charge < -0.3 is 5.32 Å². The van der Waals surface area contributed by atoms with E-state index in [0.29, 0.717) is 11.7 Å². The summed E-state index contributed by atoms with van der Waals surface area (Å²) in [4.78, 5) is 17.5. The van der Waals surface area contributed by atoms with Gasteiger partial charge in [-0.25, -0.2) is 4.98 Å². The van der Waals surface area contributed by atoms with Crippen LogP contribution in [-0.2, 0) is 11.3 Å². The van der Waals surface area contributed by atoms with Gasteiger partial charge in [0, 0.05) is 25.8 Å². The molecule has 1 fully saturated rings. The second-order valence-corrected chi connectivity index (χ2v) is 4.29. The van der Waals surface area contributed by atoms with Crippen molar-refractivity contribution in [1.82, 2.24) is 15.2 Å². The summed E-state index contributed by atoms with van der Waals surface area (Å²) in [7, 11) is 0. The number of carbonyl (C=O) groups excluding carboxylic acids is 1. The van der Waals surface area contributed by atoms with Gasteiger partial charge in [-0.15, -0.1) is 0 Å². The lowest BCUT2D eigenvalue weighted by Gasteiger charge is -2.17. The molecule has 5 heteroatoms. The second-order valence-electron chi connectivity index (χ2n) is 3.90. The number of carbonyl (C=O) groups is 1. The number of nitrogens with one attached hydrogen (secondary N) is 1. The molecule has 0 atom stereocenters. The van der Waals surface area contributed by atoms with Crippen LogP contribution in [0.5, 0.6) is 0 Å². The zero-order chi connectivity index (χ0) is 11.4. The van der Waals surface area contributed by atoms with E-state index in [9.17, 15) is 4.79 Å². The van der Waals surface area contributed by atoms with Crippen LogP contribution in [0.15, 0.2) is 18.3 Å². The first kappa shape index (κ1) is 11.4. The second kappa shape index (κ2) is 5.27. The Labute approximate surface area is 99.6 Å². The van der Waals surface area contributed by atoms with Crippen molar-refractivity contribution < 1.29 is 4.79 Å². The monoisotopic (exact) mass is 239 g/mol. The summed E-state index contributed by atoms with van der Waals surface area (Å²) in [6, 6.07) is 3.72. The largest absolute Gasteiger partial charge is 0.355 e. The molecule has 1 amide bonds. The molecule has 1 N–H and O–H groups in total. The standard InChI is InChI=1S/C11H14ClN3O/c12-10-3-2-9(6-14-10)7-15-5-1-4-13-11(16)8-15/h2-3,6H,1,4-5,7-8H2,(H,13,16). The highest BCUT2D eigenvalue weighted by Crippen LogP contribution is 2.09. The summed E-state index contributed by atoms with van der Waals surface area (Å²) in [5.74, 6) is 0.0967. The molecule has 2 rings (SSSR count). The Morgan fingerprint density at radius 2 is 2.38 bits per heavy atom. The van der Waals surface area contributed by atoms with E-state index in [1.165, 1.54) is 0 Å². The number of nitrogens with zero attached hydrogens (tertiary/aromatic N) is 2. The summed E-state index contributed by atoms with van der Waals surface area (Å²) in [6.45, 7) is 2.91. The van der Waals surface area contributed by atoms with Gasteiger partial charge in [-0.3, -0.25) is 9.69 Å². The van der Waals surface area contributed by atoms with Crippen LogP contribution in [0.4, 0.5) is 0 Å². The predicted molar refractivity (Wildman–Crippen MR) is 62.2 cm³/mol. The van der Waals surface area contributed by atoms with Crippen LogP contribution in [0.2, 0.25) is 5.15 Å². The molecule has 0 radical (unpaired) electrons. The van der Waals surface area contributed by atoms with E-state index in [-0.39, 0.29) is 5.91 Å². The Kier molecular flexibility index (Phi) is 3.74.